The molecule has 5 N–H and O–H groups in total. The Hall–Kier alpha value is -7.66. The Balaban J connectivity index is 0.000000167. The van der Waals surface area contributed by atoms with Gasteiger partial charge in [0, 0.05) is 85.8 Å². The number of nitrogens with zero attached hydrogens (tertiary/aromatic N) is 13. The van der Waals surface area contributed by atoms with E-state index in [-0.39, 0.29) is 59.6 Å². The first-order valence-electron chi connectivity index (χ1n) is 40.6. The van der Waals surface area contributed by atoms with Crippen LogP contribution in [0.1, 0.15) is 317 Å². The predicted molar refractivity (Wildman–Crippen MR) is 412 cm³/mol. The summed E-state index contributed by atoms with van der Waals surface area (Å²) in [6.07, 6.45) is 27.6. The molecule has 6 aromatic rings. The molecule has 1 atom stereocenters. The predicted octanol–water partition coefficient (Wildman–Crippen LogP) is 14.2. The summed E-state index contributed by atoms with van der Waals surface area (Å²) in [7, 11) is 1.70. The minimum absolute atomic E-state index is 0. The van der Waals surface area contributed by atoms with E-state index >= 15 is 0 Å². The number of hydrogen-bond acceptors (Lipinski definition) is 26. The highest BCUT2D eigenvalue weighted by Crippen LogP contribution is 2.51. The first kappa shape index (κ1) is 87.9. The number of aryl methyl sites for hydroxylation is 6. The number of carbonyl (C=O) groups excluding carboxylic acids is 4. The lowest BCUT2D eigenvalue weighted by molar-refractivity contribution is -0.156. The Bertz CT molecular complexity index is 3760. The second-order valence-electron chi connectivity index (χ2n) is 33.6. The molecule has 2 amide bonds. The third kappa shape index (κ3) is 24.7. The number of aliphatic carboxylic acids is 1. The number of nitrogens with two attached hydrogens (primary N) is 1. The first-order chi connectivity index (χ1) is 52.0. The number of ketones is 2. The number of Topliss-reactive ketones (excluding diaryl/α,β-unsaturated/α-hetero) is 2. The van der Waals surface area contributed by atoms with Gasteiger partial charge in [0.15, 0.2) is 29.1 Å². The van der Waals surface area contributed by atoms with Gasteiger partial charge in [-0.15, -0.1) is 0 Å². The molecule has 612 valence electrons. The number of carboxylic acids is 1. The maximum atomic E-state index is 11.9. The third-order valence-corrected chi connectivity index (χ3v) is 24.4. The summed E-state index contributed by atoms with van der Waals surface area (Å²) < 4.78 is 36.9. The van der Waals surface area contributed by atoms with E-state index in [1.165, 1.54) is 32.1 Å². The Labute approximate surface area is 650 Å². The summed E-state index contributed by atoms with van der Waals surface area (Å²) in [6, 6.07) is 2.73. The second-order valence-corrected chi connectivity index (χ2v) is 33.6. The normalized spacial score (nSPS) is 24.9. The van der Waals surface area contributed by atoms with Crippen molar-refractivity contribution >= 4 is 35.4 Å². The van der Waals surface area contributed by atoms with E-state index in [2.05, 4.69) is 84.4 Å². The molecule has 29 nitrogen and oxygen atoms in total. The van der Waals surface area contributed by atoms with Crippen LogP contribution in [0.3, 0.4) is 0 Å². The van der Waals surface area contributed by atoms with Crippen molar-refractivity contribution in [2.75, 3.05) is 51.3 Å². The Morgan fingerprint density at radius 1 is 0.555 bits per heavy atom. The van der Waals surface area contributed by atoms with Gasteiger partial charge in [-0.3, -0.25) is 24.0 Å². The average molecular weight is 1540 g/mol. The number of ether oxygens (including phenoxy) is 1. The van der Waals surface area contributed by atoms with Crippen molar-refractivity contribution in [2.24, 2.45) is 46.2 Å². The van der Waals surface area contributed by atoms with E-state index in [0.717, 1.165) is 215 Å². The lowest BCUT2D eigenvalue weighted by atomic mass is 9.60. The fraction of sp³-hybridized carbons (Fsp3) is 0.778. The van der Waals surface area contributed by atoms with E-state index in [4.69, 9.17) is 37.6 Å². The molecule has 6 aliphatic carbocycles. The molecular weight excluding hydrogens is 1400 g/mol. The van der Waals surface area contributed by atoms with Crippen molar-refractivity contribution in [1.82, 2.24) is 71.4 Å². The standard InChI is InChI=1S/C17H26N2O4.C16H24N2O2.C14H24N4O2.C13H21N3O2.C10H15N3O2.C10H16N2O.CH4/c1-12-18-14(23-19-12)17(11-22-2)8-4-13(5-9-17)10-16(15(20)21)6-3-7-16;1-12-10-15(20-17-12)14-4-8-18(9-5-14)11-16(13(2)19)6-3-7-16;1-8(2)12(15)13(19)17-11-6-4-10(5-7-11)14-16-9(3)18-20-14;1-8(2)12(17)15-11-6-4-10(5-7-11)13-14-9(3)16-18-13;1-7(14)9-3-5-13(6-4-9)10-11-8(2)12-15-10;1-7-3-5-9(6-4-7)10-11-8(2)12-13-10;/h13H,3-11H2,1-2H3,(H,20,21);10,14H,3-9,11H2,1-2H3;8,10-12H,4-7,15H2,1-3H3,(H,17,19);8,10-11H,4-7H2,1-3H3,(H,15,17);9H,3-6H2,1-2H3;7,9H,3-6H2,1-2H3;1H4. The van der Waals surface area contributed by atoms with Crippen molar-refractivity contribution in [2.45, 2.75) is 318 Å². The molecule has 8 aliphatic rings. The van der Waals surface area contributed by atoms with Crippen molar-refractivity contribution in [3.05, 3.63) is 70.2 Å². The average Bonchev–Trinajstić information content (AvgIpc) is 0.976. The maximum absolute atomic E-state index is 11.9. The molecule has 2 saturated heterocycles. The number of likely N-dealkylation sites (tertiary alicyclic amines) is 1. The Kier molecular flexibility index (Phi) is 32.9. The highest BCUT2D eigenvalue weighted by atomic mass is 16.5. The monoisotopic (exact) mass is 1540 g/mol. The van der Waals surface area contributed by atoms with Crippen LogP contribution >= 0.6 is 0 Å². The van der Waals surface area contributed by atoms with Crippen LogP contribution in [-0.2, 0) is 34.1 Å². The number of carbonyl (C=O) groups is 5. The van der Waals surface area contributed by atoms with E-state index in [1.807, 2.05) is 67.2 Å². The van der Waals surface area contributed by atoms with Gasteiger partial charge in [-0.25, -0.2) is 0 Å². The molecule has 14 rings (SSSR count). The topological polar surface area (TPSA) is 392 Å². The summed E-state index contributed by atoms with van der Waals surface area (Å²) in [5.41, 5.74) is 6.14. The highest BCUT2D eigenvalue weighted by Gasteiger charge is 2.49. The molecule has 29 heteroatoms. The summed E-state index contributed by atoms with van der Waals surface area (Å²) in [4.78, 5) is 84.1. The van der Waals surface area contributed by atoms with Gasteiger partial charge in [0.1, 0.15) is 17.3 Å². The SMILES string of the molecule is C.CC(=O)C1(CN2CCC(c3cc(C)no3)CC2)CCC1.CC(=O)C1CCN(c2nc(C)no2)CC1.COCC1(c2nc(C)no2)CCC(CC2(C(=O)O)CCC2)CC1.Cc1noc(C2CCC(C)CC2)n1.Cc1noc(C2CCC(NC(=O)C(C)C)CC2)n1.Cc1noc(C2CCC(NC(=O)C(N)C(C)C)CC2)n1. The maximum Gasteiger partial charge on any atom is 0.324 e. The van der Waals surface area contributed by atoms with Crippen LogP contribution in [0, 0.1) is 82.0 Å². The number of amides is 2. The van der Waals surface area contributed by atoms with Crippen LogP contribution in [0.2, 0.25) is 0 Å². The Morgan fingerprint density at radius 2 is 1.02 bits per heavy atom. The van der Waals surface area contributed by atoms with Crippen LogP contribution < -0.4 is 21.3 Å². The molecular formula is C81H130N16O13. The largest absolute Gasteiger partial charge is 0.481 e. The van der Waals surface area contributed by atoms with Gasteiger partial charge in [0.25, 0.3) is 0 Å². The smallest absolute Gasteiger partial charge is 0.324 e. The van der Waals surface area contributed by atoms with E-state index < -0.39 is 17.4 Å². The third-order valence-electron chi connectivity index (χ3n) is 24.4. The molecule has 0 bridgehead atoms. The molecule has 8 heterocycles. The quantitative estimate of drug-likeness (QED) is 0.0551. The number of methoxy groups -OCH3 is 1. The molecule has 6 saturated carbocycles. The number of nitrogens with one attached hydrogen (secondary N) is 2. The van der Waals surface area contributed by atoms with Gasteiger partial charge in [-0.2, -0.15) is 24.9 Å². The van der Waals surface area contributed by atoms with E-state index in [9.17, 15) is 29.1 Å². The summed E-state index contributed by atoms with van der Waals surface area (Å²) >= 11 is 0. The molecule has 0 radical (unpaired) electrons. The van der Waals surface area contributed by atoms with Crippen LogP contribution in [0.25, 0.3) is 0 Å². The summed E-state index contributed by atoms with van der Waals surface area (Å²) in [5, 5.41) is 38.8. The number of hydrogen-bond donors (Lipinski definition) is 4. The number of aromatic nitrogens is 11. The molecule has 0 aromatic carbocycles. The zero-order valence-electron chi connectivity index (χ0n) is 67.6. The van der Waals surface area contributed by atoms with Gasteiger partial charge in [0.2, 0.25) is 35.4 Å². The van der Waals surface area contributed by atoms with Crippen LogP contribution in [-0.4, -0.2) is 160 Å². The molecule has 110 heavy (non-hydrogen) atoms. The first-order valence-corrected chi connectivity index (χ1v) is 40.6. The minimum Gasteiger partial charge on any atom is -0.481 e. The van der Waals surface area contributed by atoms with Crippen molar-refractivity contribution in [1.29, 1.82) is 0 Å². The molecule has 6 aromatic heterocycles. The number of piperidine rings is 2. The van der Waals surface area contributed by atoms with Crippen LogP contribution in [0.5, 0.6) is 0 Å². The number of anilines is 1. The van der Waals surface area contributed by atoms with Gasteiger partial charge < -0.3 is 63.1 Å². The van der Waals surface area contributed by atoms with Gasteiger partial charge in [-0.1, -0.05) is 85.8 Å². The second kappa shape index (κ2) is 41.2. The fourth-order valence-electron chi connectivity index (χ4n) is 16.7. The molecule has 2 aliphatic heterocycles. The zero-order valence-corrected chi connectivity index (χ0v) is 67.6. The Morgan fingerprint density at radius 3 is 1.39 bits per heavy atom. The fourth-order valence-corrected chi connectivity index (χ4v) is 16.7. The van der Waals surface area contributed by atoms with Crippen molar-refractivity contribution in [3.63, 3.8) is 0 Å². The van der Waals surface area contributed by atoms with Crippen LogP contribution in [0.4, 0.5) is 6.01 Å². The molecule has 1 unspecified atom stereocenters. The van der Waals surface area contributed by atoms with Gasteiger partial charge in [-0.05, 0) is 247 Å². The lowest BCUT2D eigenvalue weighted by Crippen LogP contribution is -2.48. The lowest BCUT2D eigenvalue weighted by Gasteiger charge is -2.44. The van der Waals surface area contributed by atoms with Gasteiger partial charge >= 0.3 is 12.0 Å². The highest BCUT2D eigenvalue weighted by molar-refractivity contribution is 5.83. The summed E-state index contributed by atoms with van der Waals surface area (Å²) in [6.45, 7) is 30.0. The zero-order chi connectivity index (χ0) is 78.6. The van der Waals surface area contributed by atoms with Gasteiger partial charge in [0.05, 0.1) is 29.2 Å². The van der Waals surface area contributed by atoms with Crippen molar-refractivity contribution < 1.29 is 61.0 Å². The molecule has 8 fully saturated rings. The summed E-state index contributed by atoms with van der Waals surface area (Å²) in [5.74, 6) is 11.1. The van der Waals surface area contributed by atoms with E-state index in [1.54, 1.807) is 27.9 Å². The molecule has 0 spiro atoms. The minimum atomic E-state index is -0.606. The number of carboxylic acid groups (broad SMARTS) is 1. The van der Waals surface area contributed by atoms with Crippen molar-refractivity contribution in [3.8, 4) is 0 Å². The van der Waals surface area contributed by atoms with E-state index in [0.29, 0.717) is 83.2 Å². The van der Waals surface area contributed by atoms with Crippen LogP contribution in [0.15, 0.2) is 33.2 Å². The number of rotatable bonds is 20.